The summed E-state index contributed by atoms with van der Waals surface area (Å²) in [6.45, 7) is 8.98. The van der Waals surface area contributed by atoms with Crippen molar-refractivity contribution in [1.29, 1.82) is 0 Å². The van der Waals surface area contributed by atoms with Crippen LogP contribution in [0.4, 0.5) is 0 Å². The SMILES string of the molecule is CNC(c1ccc(OC(C)C)cc1)C1CCCCC1(C)C. The largest absolute Gasteiger partial charge is 0.491 e. The normalized spacial score (nSPS) is 23.0. The van der Waals surface area contributed by atoms with E-state index in [1.54, 1.807) is 0 Å². The average molecular weight is 289 g/mol. The van der Waals surface area contributed by atoms with Crippen LogP contribution in [0.5, 0.6) is 5.75 Å². The molecule has 0 spiro atoms. The van der Waals surface area contributed by atoms with Gasteiger partial charge in [-0.25, -0.2) is 0 Å². The van der Waals surface area contributed by atoms with Crippen LogP contribution in [0.25, 0.3) is 0 Å². The third-order valence-corrected chi connectivity index (χ3v) is 4.91. The number of rotatable bonds is 5. The molecule has 2 nitrogen and oxygen atoms in total. The van der Waals surface area contributed by atoms with E-state index in [1.165, 1.54) is 31.2 Å². The lowest BCUT2D eigenvalue weighted by Gasteiger charge is -2.43. The van der Waals surface area contributed by atoms with Crippen LogP contribution in [0, 0.1) is 11.3 Å². The van der Waals surface area contributed by atoms with Crippen LogP contribution in [0.15, 0.2) is 24.3 Å². The van der Waals surface area contributed by atoms with E-state index in [4.69, 9.17) is 4.74 Å². The fraction of sp³-hybridized carbons (Fsp3) is 0.684. The topological polar surface area (TPSA) is 21.3 Å². The standard InChI is InChI=1S/C19H31NO/c1-14(2)21-16-11-9-15(10-12-16)18(20-5)17-8-6-7-13-19(17,3)4/h9-12,14,17-18,20H,6-8,13H2,1-5H3. The number of hydrogen-bond donors (Lipinski definition) is 1. The van der Waals surface area contributed by atoms with Gasteiger partial charge in [-0.05, 0) is 62.8 Å². The highest BCUT2D eigenvalue weighted by Crippen LogP contribution is 2.46. The molecule has 1 aliphatic carbocycles. The third-order valence-electron chi connectivity index (χ3n) is 4.91. The number of ether oxygens (including phenoxy) is 1. The monoisotopic (exact) mass is 289 g/mol. The van der Waals surface area contributed by atoms with Crippen molar-refractivity contribution in [3.05, 3.63) is 29.8 Å². The lowest BCUT2D eigenvalue weighted by molar-refractivity contribution is 0.101. The molecule has 2 atom stereocenters. The summed E-state index contributed by atoms with van der Waals surface area (Å²) in [4.78, 5) is 0. The van der Waals surface area contributed by atoms with E-state index >= 15 is 0 Å². The Morgan fingerprint density at radius 3 is 2.33 bits per heavy atom. The summed E-state index contributed by atoms with van der Waals surface area (Å²) in [5.41, 5.74) is 1.80. The molecule has 118 valence electrons. The zero-order valence-corrected chi connectivity index (χ0v) is 14.3. The van der Waals surface area contributed by atoms with Gasteiger partial charge >= 0.3 is 0 Å². The Kier molecular flexibility index (Phi) is 5.32. The summed E-state index contributed by atoms with van der Waals surface area (Å²) in [5, 5.41) is 3.56. The molecule has 1 aromatic carbocycles. The van der Waals surface area contributed by atoms with E-state index in [0.717, 1.165) is 5.75 Å². The summed E-state index contributed by atoms with van der Waals surface area (Å²) in [6, 6.07) is 9.10. The summed E-state index contributed by atoms with van der Waals surface area (Å²) >= 11 is 0. The molecule has 0 aliphatic heterocycles. The van der Waals surface area contributed by atoms with Gasteiger partial charge in [0.2, 0.25) is 0 Å². The predicted octanol–water partition coefficient (Wildman–Crippen LogP) is 4.95. The Morgan fingerprint density at radius 2 is 1.81 bits per heavy atom. The van der Waals surface area contributed by atoms with E-state index in [0.29, 0.717) is 17.4 Å². The smallest absolute Gasteiger partial charge is 0.119 e. The molecule has 1 fully saturated rings. The first-order valence-corrected chi connectivity index (χ1v) is 8.38. The molecule has 1 saturated carbocycles. The maximum atomic E-state index is 5.75. The lowest BCUT2D eigenvalue weighted by atomic mass is 9.65. The van der Waals surface area contributed by atoms with Crippen LogP contribution in [0.3, 0.4) is 0 Å². The molecule has 0 amide bonds. The Labute approximate surface area is 130 Å². The first-order chi connectivity index (χ1) is 9.94. The van der Waals surface area contributed by atoms with Gasteiger partial charge in [-0.1, -0.05) is 38.8 Å². The Hall–Kier alpha value is -1.02. The minimum Gasteiger partial charge on any atom is -0.491 e. The van der Waals surface area contributed by atoms with E-state index in [2.05, 4.69) is 64.3 Å². The van der Waals surface area contributed by atoms with Crippen molar-refractivity contribution in [3.63, 3.8) is 0 Å². The Morgan fingerprint density at radius 1 is 1.14 bits per heavy atom. The minimum atomic E-state index is 0.230. The second-order valence-corrected chi connectivity index (χ2v) is 7.34. The van der Waals surface area contributed by atoms with Crippen molar-refractivity contribution < 1.29 is 4.74 Å². The van der Waals surface area contributed by atoms with Gasteiger partial charge < -0.3 is 10.1 Å². The molecule has 0 radical (unpaired) electrons. The zero-order valence-electron chi connectivity index (χ0n) is 14.3. The van der Waals surface area contributed by atoms with Gasteiger partial charge in [-0.2, -0.15) is 0 Å². The van der Waals surface area contributed by atoms with Crippen molar-refractivity contribution in [2.45, 2.75) is 65.5 Å². The van der Waals surface area contributed by atoms with Gasteiger partial charge in [0.25, 0.3) is 0 Å². The summed E-state index contributed by atoms with van der Waals surface area (Å²) < 4.78 is 5.75. The van der Waals surface area contributed by atoms with Crippen LogP contribution >= 0.6 is 0 Å². The fourth-order valence-corrected chi connectivity index (χ4v) is 3.76. The molecule has 0 saturated heterocycles. The van der Waals surface area contributed by atoms with Gasteiger partial charge in [-0.3, -0.25) is 0 Å². The Bertz CT molecular complexity index is 435. The molecule has 1 N–H and O–H groups in total. The molecular formula is C19H31NO. The van der Waals surface area contributed by atoms with E-state index in [-0.39, 0.29) is 6.10 Å². The van der Waals surface area contributed by atoms with Crippen molar-refractivity contribution in [2.24, 2.45) is 11.3 Å². The fourth-order valence-electron chi connectivity index (χ4n) is 3.76. The molecule has 0 bridgehead atoms. The molecule has 0 heterocycles. The zero-order chi connectivity index (χ0) is 15.5. The van der Waals surface area contributed by atoms with Crippen LogP contribution in [-0.4, -0.2) is 13.2 Å². The first kappa shape index (κ1) is 16.4. The van der Waals surface area contributed by atoms with E-state index in [9.17, 15) is 0 Å². The summed E-state index contributed by atoms with van der Waals surface area (Å²) in [7, 11) is 2.09. The molecule has 2 heteroatoms. The van der Waals surface area contributed by atoms with Gasteiger partial charge in [0.05, 0.1) is 6.10 Å². The first-order valence-electron chi connectivity index (χ1n) is 8.38. The van der Waals surface area contributed by atoms with Crippen LogP contribution < -0.4 is 10.1 Å². The molecule has 1 aliphatic rings. The summed E-state index contributed by atoms with van der Waals surface area (Å²) in [6.07, 6.45) is 5.63. The highest BCUT2D eigenvalue weighted by atomic mass is 16.5. The maximum Gasteiger partial charge on any atom is 0.119 e. The average Bonchev–Trinajstić information content (AvgIpc) is 2.42. The highest BCUT2D eigenvalue weighted by Gasteiger charge is 2.37. The second kappa shape index (κ2) is 6.83. The molecule has 21 heavy (non-hydrogen) atoms. The minimum absolute atomic E-state index is 0.230. The van der Waals surface area contributed by atoms with Crippen molar-refractivity contribution >= 4 is 0 Å². The van der Waals surface area contributed by atoms with Crippen LogP contribution in [-0.2, 0) is 0 Å². The highest BCUT2D eigenvalue weighted by molar-refractivity contribution is 5.30. The number of nitrogens with one attached hydrogen (secondary N) is 1. The van der Waals surface area contributed by atoms with Gasteiger partial charge in [0.15, 0.2) is 0 Å². The third kappa shape index (κ3) is 4.00. The van der Waals surface area contributed by atoms with Crippen molar-refractivity contribution in [1.82, 2.24) is 5.32 Å². The van der Waals surface area contributed by atoms with Crippen LogP contribution in [0.2, 0.25) is 0 Å². The second-order valence-electron chi connectivity index (χ2n) is 7.34. The molecular weight excluding hydrogens is 258 g/mol. The lowest BCUT2D eigenvalue weighted by Crippen LogP contribution is -2.37. The van der Waals surface area contributed by atoms with Crippen molar-refractivity contribution in [3.8, 4) is 5.75 Å². The van der Waals surface area contributed by atoms with E-state index in [1.807, 2.05) is 0 Å². The predicted molar refractivity (Wildman–Crippen MR) is 89.7 cm³/mol. The quantitative estimate of drug-likeness (QED) is 0.828. The van der Waals surface area contributed by atoms with Gasteiger partial charge in [-0.15, -0.1) is 0 Å². The Balaban J connectivity index is 2.16. The number of benzene rings is 1. The maximum absolute atomic E-state index is 5.75. The van der Waals surface area contributed by atoms with Gasteiger partial charge in [0.1, 0.15) is 5.75 Å². The van der Waals surface area contributed by atoms with Crippen molar-refractivity contribution in [2.75, 3.05) is 7.05 Å². The molecule has 1 aromatic rings. The molecule has 2 rings (SSSR count). The molecule has 2 unspecified atom stereocenters. The van der Waals surface area contributed by atoms with Crippen LogP contribution in [0.1, 0.15) is 65.0 Å². The van der Waals surface area contributed by atoms with Gasteiger partial charge in [0, 0.05) is 6.04 Å². The summed E-state index contributed by atoms with van der Waals surface area (Å²) in [5.74, 6) is 1.67. The molecule has 0 aromatic heterocycles. The number of hydrogen-bond acceptors (Lipinski definition) is 2. The van der Waals surface area contributed by atoms with E-state index < -0.39 is 0 Å².